The second kappa shape index (κ2) is 3.63. The summed E-state index contributed by atoms with van der Waals surface area (Å²) in [6, 6.07) is 0. The Kier molecular flexibility index (Phi) is 3.49. The van der Waals surface area contributed by atoms with Crippen LogP contribution in [-0.4, -0.2) is 20.7 Å². The average molecular weight is 148 g/mol. The zero-order valence-electron chi connectivity index (χ0n) is 5.13. The van der Waals surface area contributed by atoms with Gasteiger partial charge in [-0.15, -0.1) is 6.58 Å². The van der Waals surface area contributed by atoms with E-state index in [4.69, 9.17) is 0 Å². The smallest absolute Gasteiger partial charge is 0.211 e. The molecule has 0 saturated heterocycles. The molecule has 0 aliphatic carbocycles. The van der Waals surface area contributed by atoms with Crippen molar-refractivity contribution in [2.75, 3.05) is 12.3 Å². The predicted molar refractivity (Wildman–Crippen MR) is 37.3 cm³/mol. The van der Waals surface area contributed by atoms with Gasteiger partial charge in [-0.05, 0) is 6.92 Å². The molecule has 0 spiro atoms. The normalized spacial score (nSPS) is 11.2. The lowest BCUT2D eigenvalue weighted by Crippen LogP contribution is -2.25. The van der Waals surface area contributed by atoms with E-state index >= 15 is 0 Å². The van der Waals surface area contributed by atoms with E-state index in [1.807, 2.05) is 0 Å². The van der Waals surface area contributed by atoms with Gasteiger partial charge < -0.3 is 0 Å². The maximum absolute atomic E-state index is 10.5. The molecule has 0 bridgehead atoms. The summed E-state index contributed by atoms with van der Waals surface area (Å²) in [6.07, 6.45) is 1.48. The molecule has 1 N–H and O–H groups in total. The topological polar surface area (TPSA) is 46.2 Å². The van der Waals surface area contributed by atoms with Gasteiger partial charge in [0.05, 0.1) is 5.75 Å². The Morgan fingerprint density at radius 2 is 2.11 bits per heavy atom. The van der Waals surface area contributed by atoms with Crippen LogP contribution in [0.4, 0.5) is 0 Å². The van der Waals surface area contributed by atoms with Crippen molar-refractivity contribution >= 4 is 10.0 Å². The molecule has 1 radical (unpaired) electrons. The summed E-state index contributed by atoms with van der Waals surface area (Å²) in [4.78, 5) is 0. The monoisotopic (exact) mass is 148 g/mol. The Balaban J connectivity index is 3.74. The number of hydrogen-bond donors (Lipinski definition) is 1. The van der Waals surface area contributed by atoms with E-state index in [-0.39, 0.29) is 12.3 Å². The summed E-state index contributed by atoms with van der Waals surface area (Å²) in [5, 5.41) is 0. The van der Waals surface area contributed by atoms with Crippen LogP contribution in [0.1, 0.15) is 0 Å². The van der Waals surface area contributed by atoms with E-state index in [0.717, 1.165) is 0 Å². The first-order valence-electron chi connectivity index (χ1n) is 2.50. The fourth-order valence-corrected chi connectivity index (χ4v) is 0.774. The molecule has 0 atom stereocenters. The van der Waals surface area contributed by atoms with E-state index in [9.17, 15) is 8.42 Å². The van der Waals surface area contributed by atoms with E-state index in [2.05, 4.69) is 18.2 Å². The van der Waals surface area contributed by atoms with E-state index in [1.54, 1.807) is 0 Å². The van der Waals surface area contributed by atoms with Crippen LogP contribution in [0.15, 0.2) is 12.7 Å². The summed E-state index contributed by atoms with van der Waals surface area (Å²) in [5.41, 5.74) is 0. The van der Waals surface area contributed by atoms with E-state index < -0.39 is 10.0 Å². The van der Waals surface area contributed by atoms with Crippen molar-refractivity contribution in [1.29, 1.82) is 0 Å². The van der Waals surface area contributed by atoms with E-state index in [0.29, 0.717) is 0 Å². The highest BCUT2D eigenvalue weighted by Gasteiger charge is 2.01. The summed E-state index contributed by atoms with van der Waals surface area (Å²) in [7, 11) is -3.11. The van der Waals surface area contributed by atoms with Gasteiger partial charge in [0.25, 0.3) is 0 Å². The molecule has 3 nitrogen and oxygen atoms in total. The van der Waals surface area contributed by atoms with Gasteiger partial charge in [0.1, 0.15) is 0 Å². The highest BCUT2D eigenvalue weighted by atomic mass is 32.2. The second-order valence-corrected chi connectivity index (χ2v) is 3.38. The first-order valence-corrected chi connectivity index (χ1v) is 4.15. The summed E-state index contributed by atoms with van der Waals surface area (Å²) in [6.45, 7) is 6.85. The number of rotatable bonds is 4. The minimum Gasteiger partial charge on any atom is -0.212 e. The Morgan fingerprint density at radius 1 is 1.56 bits per heavy atom. The Hall–Kier alpha value is -0.350. The largest absolute Gasteiger partial charge is 0.212 e. The molecule has 0 aromatic carbocycles. The Labute approximate surface area is 55.8 Å². The molecule has 0 unspecified atom stereocenters. The first-order chi connectivity index (χ1) is 4.12. The lowest BCUT2D eigenvalue weighted by atomic mass is 10.7. The lowest BCUT2D eigenvalue weighted by molar-refractivity contribution is 0.588. The summed E-state index contributed by atoms with van der Waals surface area (Å²) in [5.74, 6) is -0.124. The summed E-state index contributed by atoms with van der Waals surface area (Å²) < 4.78 is 23.3. The second-order valence-electron chi connectivity index (χ2n) is 1.46. The zero-order chi connectivity index (χ0) is 7.33. The molecule has 9 heavy (non-hydrogen) atoms. The quantitative estimate of drug-likeness (QED) is 0.567. The van der Waals surface area contributed by atoms with Gasteiger partial charge in [-0.2, -0.15) is 0 Å². The predicted octanol–water partition coefficient (Wildman–Crippen LogP) is -0.0741. The van der Waals surface area contributed by atoms with Crippen molar-refractivity contribution in [3.05, 3.63) is 19.6 Å². The maximum atomic E-state index is 10.5. The first kappa shape index (κ1) is 8.65. The Bertz CT molecular complexity index is 171. The molecule has 0 saturated carbocycles. The van der Waals surface area contributed by atoms with Crippen molar-refractivity contribution in [2.24, 2.45) is 0 Å². The van der Waals surface area contributed by atoms with Crippen LogP contribution in [-0.2, 0) is 10.0 Å². The molecule has 0 amide bonds. The van der Waals surface area contributed by atoms with Gasteiger partial charge in [-0.1, -0.05) is 6.08 Å². The third-order valence-corrected chi connectivity index (χ3v) is 1.86. The zero-order valence-corrected chi connectivity index (χ0v) is 5.95. The minimum absolute atomic E-state index is 0.124. The SMILES string of the molecule is [CH2]CS(=O)(=O)NCC=C. The van der Waals surface area contributed by atoms with Crippen molar-refractivity contribution in [3.8, 4) is 0 Å². The van der Waals surface area contributed by atoms with Crippen LogP contribution in [0.25, 0.3) is 0 Å². The molecular weight excluding hydrogens is 138 g/mol. The molecule has 0 fully saturated rings. The van der Waals surface area contributed by atoms with Crippen LogP contribution in [0.2, 0.25) is 0 Å². The molecule has 0 aromatic rings. The number of hydrogen-bond acceptors (Lipinski definition) is 2. The molecule has 0 heterocycles. The molecule has 0 aromatic heterocycles. The molecule has 0 aliphatic rings. The van der Waals surface area contributed by atoms with Gasteiger partial charge in [0.15, 0.2) is 0 Å². The molecule has 0 aliphatic heterocycles. The fourth-order valence-electron chi connectivity index (χ4n) is 0.258. The van der Waals surface area contributed by atoms with Crippen LogP contribution in [0.5, 0.6) is 0 Å². The third kappa shape index (κ3) is 4.17. The highest BCUT2D eigenvalue weighted by molar-refractivity contribution is 7.89. The van der Waals surface area contributed by atoms with Gasteiger partial charge in [-0.25, -0.2) is 13.1 Å². The van der Waals surface area contributed by atoms with Crippen molar-refractivity contribution < 1.29 is 8.42 Å². The van der Waals surface area contributed by atoms with Crippen LogP contribution < -0.4 is 4.72 Å². The average Bonchev–Trinajstić information content (AvgIpc) is 1.84. The molecule has 0 rings (SSSR count). The van der Waals surface area contributed by atoms with Gasteiger partial charge in [-0.3, -0.25) is 0 Å². The maximum Gasteiger partial charge on any atom is 0.211 e. The third-order valence-electron chi connectivity index (χ3n) is 0.716. The highest BCUT2D eigenvalue weighted by Crippen LogP contribution is 1.79. The summed E-state index contributed by atoms with van der Waals surface area (Å²) >= 11 is 0. The van der Waals surface area contributed by atoms with Crippen molar-refractivity contribution in [1.82, 2.24) is 4.72 Å². The van der Waals surface area contributed by atoms with Gasteiger partial charge in [0.2, 0.25) is 10.0 Å². The van der Waals surface area contributed by atoms with Crippen molar-refractivity contribution in [3.63, 3.8) is 0 Å². The molecule has 53 valence electrons. The van der Waals surface area contributed by atoms with Crippen LogP contribution >= 0.6 is 0 Å². The standard InChI is InChI=1S/C5H10NO2S/c1-3-5-6-9(7,8)4-2/h3,6H,1-2,4-5H2. The number of nitrogens with one attached hydrogen (secondary N) is 1. The van der Waals surface area contributed by atoms with Gasteiger partial charge in [0, 0.05) is 6.54 Å². The minimum atomic E-state index is -3.11. The Morgan fingerprint density at radius 3 is 2.44 bits per heavy atom. The molecule has 4 heteroatoms. The van der Waals surface area contributed by atoms with Crippen molar-refractivity contribution in [2.45, 2.75) is 0 Å². The van der Waals surface area contributed by atoms with E-state index in [1.165, 1.54) is 6.08 Å². The van der Waals surface area contributed by atoms with Gasteiger partial charge >= 0.3 is 0 Å². The molecular formula is C5H10NO2S. The van der Waals surface area contributed by atoms with Crippen LogP contribution in [0.3, 0.4) is 0 Å². The fraction of sp³-hybridized carbons (Fsp3) is 0.400. The van der Waals surface area contributed by atoms with Crippen LogP contribution in [0, 0.1) is 6.92 Å². The lowest BCUT2D eigenvalue weighted by Gasteiger charge is -1.97. The number of sulfonamides is 1.